The number of benzene rings is 1. The molecule has 2 heterocycles. The number of hydrogen-bond donors (Lipinski definition) is 2. The molecule has 0 radical (unpaired) electrons. The van der Waals surface area contributed by atoms with Gasteiger partial charge in [0.25, 0.3) is 11.5 Å². The summed E-state index contributed by atoms with van der Waals surface area (Å²) < 4.78 is 3.12. The first-order chi connectivity index (χ1) is 13.0. The van der Waals surface area contributed by atoms with Crippen molar-refractivity contribution >= 4 is 22.6 Å². The standard InChI is InChI=1S/C19H21N5O3/c1-23-17(25)10-15(22-19(23)27)18(26)21-12-7-8-16-14(9-12)20-11-24(16)13-5-3-2-4-6-13/h7-11,13H,2-6H2,1H3,(H,21,26)(H,22,27). The zero-order valence-electron chi connectivity index (χ0n) is 15.1. The second-order valence-corrected chi connectivity index (χ2v) is 6.99. The number of hydrogen-bond acceptors (Lipinski definition) is 4. The van der Waals surface area contributed by atoms with E-state index < -0.39 is 17.2 Å². The predicted molar refractivity (Wildman–Crippen MR) is 102 cm³/mol. The van der Waals surface area contributed by atoms with E-state index in [1.807, 2.05) is 12.4 Å². The lowest BCUT2D eigenvalue weighted by Crippen LogP contribution is -2.34. The molecule has 1 saturated carbocycles. The van der Waals surface area contributed by atoms with Gasteiger partial charge >= 0.3 is 5.69 Å². The topological polar surface area (TPSA) is 102 Å². The van der Waals surface area contributed by atoms with E-state index in [2.05, 4.69) is 19.9 Å². The Kier molecular flexibility index (Phi) is 4.39. The lowest BCUT2D eigenvalue weighted by Gasteiger charge is -2.23. The van der Waals surface area contributed by atoms with Crippen LogP contribution in [0.5, 0.6) is 0 Å². The molecule has 2 N–H and O–H groups in total. The third kappa shape index (κ3) is 3.30. The maximum atomic E-state index is 12.4. The highest BCUT2D eigenvalue weighted by Crippen LogP contribution is 2.31. The molecule has 4 rings (SSSR count). The molecule has 2 aromatic heterocycles. The van der Waals surface area contributed by atoms with Crippen LogP contribution in [0, 0.1) is 0 Å². The van der Waals surface area contributed by atoms with Crippen LogP contribution in [0.3, 0.4) is 0 Å². The van der Waals surface area contributed by atoms with E-state index in [-0.39, 0.29) is 5.69 Å². The van der Waals surface area contributed by atoms with Gasteiger partial charge in [0.1, 0.15) is 5.69 Å². The Bertz CT molecular complexity index is 1090. The molecule has 0 saturated heterocycles. The number of nitrogens with zero attached hydrogens (tertiary/aromatic N) is 3. The fourth-order valence-corrected chi connectivity index (χ4v) is 3.64. The number of anilines is 1. The molecule has 0 bridgehead atoms. The highest BCUT2D eigenvalue weighted by molar-refractivity contribution is 6.03. The fourth-order valence-electron chi connectivity index (χ4n) is 3.64. The minimum Gasteiger partial charge on any atom is -0.327 e. The molecule has 1 fully saturated rings. The highest BCUT2D eigenvalue weighted by Gasteiger charge is 2.17. The Morgan fingerprint density at radius 1 is 1.19 bits per heavy atom. The Hall–Kier alpha value is -3.16. The lowest BCUT2D eigenvalue weighted by molar-refractivity contribution is 0.102. The summed E-state index contributed by atoms with van der Waals surface area (Å²) in [6.07, 6.45) is 7.98. The van der Waals surface area contributed by atoms with Gasteiger partial charge in [-0.05, 0) is 31.0 Å². The van der Waals surface area contributed by atoms with Crippen molar-refractivity contribution in [3.63, 3.8) is 0 Å². The van der Waals surface area contributed by atoms with Crippen molar-refractivity contribution in [1.29, 1.82) is 0 Å². The van der Waals surface area contributed by atoms with E-state index in [1.54, 1.807) is 12.1 Å². The summed E-state index contributed by atoms with van der Waals surface area (Å²) in [6, 6.07) is 7.13. The van der Waals surface area contributed by atoms with Crippen LogP contribution >= 0.6 is 0 Å². The number of aromatic nitrogens is 4. The van der Waals surface area contributed by atoms with Gasteiger partial charge in [-0.15, -0.1) is 0 Å². The maximum Gasteiger partial charge on any atom is 0.328 e. The predicted octanol–water partition coefficient (Wildman–Crippen LogP) is 2.18. The van der Waals surface area contributed by atoms with E-state index in [4.69, 9.17) is 0 Å². The largest absolute Gasteiger partial charge is 0.328 e. The molecule has 1 amide bonds. The smallest absolute Gasteiger partial charge is 0.327 e. The van der Waals surface area contributed by atoms with Crippen molar-refractivity contribution in [2.75, 3.05) is 5.32 Å². The van der Waals surface area contributed by atoms with Crippen LogP contribution in [0.1, 0.15) is 48.6 Å². The first-order valence-electron chi connectivity index (χ1n) is 9.11. The van der Waals surface area contributed by atoms with Gasteiger partial charge in [-0.25, -0.2) is 9.78 Å². The molecule has 0 unspecified atom stereocenters. The molecule has 1 aliphatic rings. The molecule has 1 aromatic carbocycles. The van der Waals surface area contributed by atoms with Gasteiger partial charge in [0.2, 0.25) is 0 Å². The SMILES string of the molecule is Cn1c(=O)cc(C(=O)Nc2ccc3c(c2)ncn3C2CCCCC2)[nH]c1=O. The van der Waals surface area contributed by atoms with Gasteiger partial charge in [0, 0.05) is 24.8 Å². The van der Waals surface area contributed by atoms with Crippen molar-refractivity contribution in [1.82, 2.24) is 19.1 Å². The van der Waals surface area contributed by atoms with Crippen molar-refractivity contribution in [3.05, 3.63) is 57.1 Å². The van der Waals surface area contributed by atoms with Gasteiger partial charge in [-0.3, -0.25) is 14.2 Å². The normalized spacial score (nSPS) is 15.1. The van der Waals surface area contributed by atoms with Crippen LogP contribution in [-0.4, -0.2) is 25.0 Å². The average Bonchev–Trinajstić information content (AvgIpc) is 3.09. The number of imidazole rings is 1. The number of carbonyl (C=O) groups is 1. The average molecular weight is 367 g/mol. The Morgan fingerprint density at radius 3 is 2.70 bits per heavy atom. The highest BCUT2D eigenvalue weighted by atomic mass is 16.2. The number of carbonyl (C=O) groups excluding carboxylic acids is 1. The molecule has 0 aliphatic heterocycles. The van der Waals surface area contributed by atoms with Crippen LogP contribution in [0.15, 0.2) is 40.2 Å². The van der Waals surface area contributed by atoms with Gasteiger partial charge in [0.15, 0.2) is 0 Å². The van der Waals surface area contributed by atoms with E-state index in [0.717, 1.165) is 21.7 Å². The summed E-state index contributed by atoms with van der Waals surface area (Å²) >= 11 is 0. The van der Waals surface area contributed by atoms with Crippen molar-refractivity contribution in [3.8, 4) is 0 Å². The molecule has 27 heavy (non-hydrogen) atoms. The summed E-state index contributed by atoms with van der Waals surface area (Å²) in [6.45, 7) is 0. The molecule has 8 heteroatoms. The second kappa shape index (κ2) is 6.86. The first-order valence-corrected chi connectivity index (χ1v) is 9.11. The third-order valence-electron chi connectivity index (χ3n) is 5.19. The number of aromatic amines is 1. The molecule has 1 aliphatic carbocycles. The summed E-state index contributed by atoms with van der Waals surface area (Å²) in [5, 5.41) is 2.71. The van der Waals surface area contributed by atoms with Crippen molar-refractivity contribution < 1.29 is 4.79 Å². The van der Waals surface area contributed by atoms with E-state index >= 15 is 0 Å². The number of amides is 1. The third-order valence-corrected chi connectivity index (χ3v) is 5.19. The Morgan fingerprint density at radius 2 is 1.96 bits per heavy atom. The Labute approximate surface area is 154 Å². The lowest BCUT2D eigenvalue weighted by atomic mass is 9.95. The van der Waals surface area contributed by atoms with Crippen LogP contribution < -0.4 is 16.6 Å². The van der Waals surface area contributed by atoms with Crippen molar-refractivity contribution in [2.24, 2.45) is 7.05 Å². The van der Waals surface area contributed by atoms with Crippen LogP contribution in [0.2, 0.25) is 0 Å². The zero-order chi connectivity index (χ0) is 19.0. The van der Waals surface area contributed by atoms with Crippen LogP contribution in [0.4, 0.5) is 5.69 Å². The minimum atomic E-state index is -0.630. The number of rotatable bonds is 3. The zero-order valence-corrected chi connectivity index (χ0v) is 15.1. The van der Waals surface area contributed by atoms with Gasteiger partial charge in [-0.2, -0.15) is 0 Å². The quantitative estimate of drug-likeness (QED) is 0.741. The van der Waals surface area contributed by atoms with Crippen LogP contribution in [-0.2, 0) is 7.05 Å². The summed E-state index contributed by atoms with van der Waals surface area (Å²) in [4.78, 5) is 42.6. The maximum absolute atomic E-state index is 12.4. The van der Waals surface area contributed by atoms with Gasteiger partial charge in [0.05, 0.1) is 17.4 Å². The minimum absolute atomic E-state index is 0.0732. The van der Waals surface area contributed by atoms with Gasteiger partial charge in [-0.1, -0.05) is 19.3 Å². The second-order valence-electron chi connectivity index (χ2n) is 6.99. The van der Waals surface area contributed by atoms with E-state index in [1.165, 1.54) is 39.2 Å². The summed E-state index contributed by atoms with van der Waals surface area (Å²) in [5.74, 6) is -0.545. The molecule has 0 atom stereocenters. The summed E-state index contributed by atoms with van der Waals surface area (Å²) in [5.41, 5.74) is 1.16. The number of H-pyrrole nitrogens is 1. The van der Waals surface area contributed by atoms with Gasteiger partial charge < -0.3 is 14.9 Å². The number of fused-ring (bicyclic) bond motifs is 1. The van der Waals surface area contributed by atoms with E-state index in [9.17, 15) is 14.4 Å². The van der Waals surface area contributed by atoms with E-state index in [0.29, 0.717) is 11.7 Å². The van der Waals surface area contributed by atoms with Crippen molar-refractivity contribution in [2.45, 2.75) is 38.1 Å². The molecule has 0 spiro atoms. The molecular weight excluding hydrogens is 346 g/mol. The molecular formula is C19H21N5O3. The van der Waals surface area contributed by atoms with Crippen LogP contribution in [0.25, 0.3) is 11.0 Å². The molecule has 140 valence electrons. The first kappa shape index (κ1) is 17.3. The Balaban J connectivity index is 1.58. The monoisotopic (exact) mass is 367 g/mol. The summed E-state index contributed by atoms with van der Waals surface area (Å²) in [7, 11) is 1.35. The molecule has 8 nitrogen and oxygen atoms in total. The molecule has 3 aromatic rings. The number of nitrogens with one attached hydrogen (secondary N) is 2. The fraction of sp³-hybridized carbons (Fsp3) is 0.368.